The lowest BCUT2D eigenvalue weighted by Gasteiger charge is -2.07. The number of benzene rings is 1. The van der Waals surface area contributed by atoms with Crippen LogP contribution in [0, 0.1) is 5.53 Å². The molecular formula is C20H25N8O2+. The highest BCUT2D eigenvalue weighted by molar-refractivity contribution is 5.95. The van der Waals surface area contributed by atoms with E-state index >= 15 is 0 Å². The van der Waals surface area contributed by atoms with Crippen LogP contribution in [0.5, 0.6) is 0 Å². The number of allylic oxidation sites excluding steroid dienone is 1. The zero-order valence-electron chi connectivity index (χ0n) is 16.9. The second-order valence-corrected chi connectivity index (χ2v) is 6.86. The third kappa shape index (κ3) is 5.45. The summed E-state index contributed by atoms with van der Waals surface area (Å²) in [6.45, 7) is 2.41. The largest absolute Gasteiger partial charge is 0.352 e. The van der Waals surface area contributed by atoms with Crippen molar-refractivity contribution in [1.29, 1.82) is 5.53 Å². The molecule has 0 bridgehead atoms. The molecule has 0 spiro atoms. The summed E-state index contributed by atoms with van der Waals surface area (Å²) in [6.07, 6.45) is 6.69. The Kier molecular flexibility index (Phi) is 6.81. The molecule has 156 valence electrons. The molecule has 30 heavy (non-hydrogen) atoms. The van der Waals surface area contributed by atoms with Gasteiger partial charge in [0.2, 0.25) is 5.70 Å². The van der Waals surface area contributed by atoms with E-state index in [0.717, 1.165) is 18.5 Å². The van der Waals surface area contributed by atoms with Crippen LogP contribution in [0.4, 0.5) is 5.69 Å². The highest BCUT2D eigenvalue weighted by Gasteiger charge is 2.27. The first-order valence-corrected chi connectivity index (χ1v) is 9.69. The maximum absolute atomic E-state index is 12.6. The highest BCUT2D eigenvalue weighted by atomic mass is 16.2. The topological polar surface area (TPSA) is 142 Å². The van der Waals surface area contributed by atoms with Gasteiger partial charge in [-0.25, -0.2) is 15.2 Å². The van der Waals surface area contributed by atoms with E-state index in [1.165, 1.54) is 6.33 Å². The fraction of sp³-hybridized carbons (Fsp3) is 0.300. The zero-order chi connectivity index (χ0) is 21.5. The number of carbonyl (C=O) groups is 2. The lowest BCUT2D eigenvalue weighted by atomic mass is 10.2. The Labute approximate surface area is 174 Å². The molecule has 0 aliphatic heterocycles. The van der Waals surface area contributed by atoms with Crippen LogP contribution in [-0.2, 0) is 11.8 Å². The van der Waals surface area contributed by atoms with Gasteiger partial charge in [-0.2, -0.15) is 5.10 Å². The predicted molar refractivity (Wildman–Crippen MR) is 109 cm³/mol. The molecule has 0 saturated heterocycles. The van der Waals surface area contributed by atoms with Gasteiger partial charge in [-0.15, -0.1) is 5.11 Å². The van der Waals surface area contributed by atoms with Crippen LogP contribution in [0.2, 0.25) is 0 Å². The molecule has 10 heteroatoms. The number of nitrogens with one attached hydrogen (secondary N) is 3. The fourth-order valence-corrected chi connectivity index (χ4v) is 2.72. The normalized spacial score (nSPS) is 14.3. The van der Waals surface area contributed by atoms with Gasteiger partial charge in [-0.1, -0.05) is 0 Å². The Hall–Kier alpha value is -3.66. The number of rotatable bonds is 9. The predicted octanol–water partition coefficient (Wildman–Crippen LogP) is 0.994. The lowest BCUT2D eigenvalue weighted by Crippen LogP contribution is -2.76. The summed E-state index contributed by atoms with van der Waals surface area (Å²) in [5.41, 5.74) is 9.32. The molecule has 1 saturated carbocycles. The van der Waals surface area contributed by atoms with Crippen molar-refractivity contribution in [2.24, 2.45) is 12.2 Å². The summed E-state index contributed by atoms with van der Waals surface area (Å²) in [5, 5.41) is 14.9. The molecule has 3 rings (SSSR count). The Morgan fingerprint density at radius 1 is 1.33 bits per heavy atom. The van der Waals surface area contributed by atoms with Crippen molar-refractivity contribution >= 4 is 23.6 Å². The summed E-state index contributed by atoms with van der Waals surface area (Å²) in [7, 11) is 1.76. The minimum Gasteiger partial charge on any atom is -0.352 e. The van der Waals surface area contributed by atoms with Gasteiger partial charge in [0.25, 0.3) is 11.8 Å². The van der Waals surface area contributed by atoms with Crippen LogP contribution in [0.1, 0.15) is 35.9 Å². The Morgan fingerprint density at radius 2 is 2.07 bits per heavy atom. The molecule has 1 aromatic carbocycles. The maximum Gasteiger partial charge on any atom is 0.278 e. The van der Waals surface area contributed by atoms with Crippen molar-refractivity contribution in [1.82, 2.24) is 25.4 Å². The molecule has 1 fully saturated rings. The minimum atomic E-state index is -0.389. The van der Waals surface area contributed by atoms with Crippen molar-refractivity contribution in [3.63, 3.8) is 0 Å². The number of aromatic nitrogens is 3. The summed E-state index contributed by atoms with van der Waals surface area (Å²) in [6, 6.07) is 7.13. The van der Waals surface area contributed by atoms with Crippen LogP contribution in [0.15, 0.2) is 53.2 Å². The second kappa shape index (κ2) is 9.70. The molecule has 2 aromatic rings. The third-order valence-electron chi connectivity index (χ3n) is 4.50. The number of hydrogen-bond acceptors (Lipinski definition) is 6. The van der Waals surface area contributed by atoms with E-state index in [2.05, 4.69) is 25.8 Å². The van der Waals surface area contributed by atoms with E-state index in [1.54, 1.807) is 53.5 Å². The van der Waals surface area contributed by atoms with Gasteiger partial charge in [-0.05, 0) is 38.0 Å². The van der Waals surface area contributed by atoms with E-state index in [-0.39, 0.29) is 23.6 Å². The summed E-state index contributed by atoms with van der Waals surface area (Å²) in [5.74, 6) is 0.0624. The van der Waals surface area contributed by atoms with Gasteiger partial charge in [0.1, 0.15) is 12.0 Å². The summed E-state index contributed by atoms with van der Waals surface area (Å²) < 4.78 is 1.59. The molecule has 0 atom stereocenters. The van der Waals surface area contributed by atoms with E-state index < -0.39 is 0 Å². The first kappa shape index (κ1) is 21.1. The van der Waals surface area contributed by atoms with Crippen molar-refractivity contribution in [3.05, 3.63) is 59.5 Å². The van der Waals surface area contributed by atoms with Crippen molar-refractivity contribution < 1.29 is 14.9 Å². The van der Waals surface area contributed by atoms with Gasteiger partial charge in [0, 0.05) is 43.4 Å². The first-order chi connectivity index (χ1) is 14.5. The average molecular weight is 409 g/mol. The van der Waals surface area contributed by atoms with Gasteiger partial charge in [0.05, 0.1) is 0 Å². The first-order valence-electron chi connectivity index (χ1n) is 9.69. The fourth-order valence-electron chi connectivity index (χ4n) is 2.72. The number of nitrogens with zero attached hydrogens (tertiary/aromatic N) is 4. The summed E-state index contributed by atoms with van der Waals surface area (Å²) >= 11 is 0. The quantitative estimate of drug-likeness (QED) is 0.212. The molecule has 1 aliphatic rings. The molecule has 5 N–H and O–H groups in total. The molecule has 0 radical (unpaired) electrons. The molecular weight excluding hydrogens is 384 g/mol. The van der Waals surface area contributed by atoms with E-state index in [4.69, 9.17) is 5.53 Å². The molecule has 1 aliphatic carbocycles. The lowest BCUT2D eigenvalue weighted by molar-refractivity contribution is -0.513. The van der Waals surface area contributed by atoms with Crippen molar-refractivity contribution in [3.8, 4) is 0 Å². The average Bonchev–Trinajstić information content (AvgIpc) is 3.45. The van der Waals surface area contributed by atoms with Crippen LogP contribution >= 0.6 is 0 Å². The van der Waals surface area contributed by atoms with Crippen LogP contribution in [0.25, 0.3) is 6.08 Å². The Balaban J connectivity index is 1.88. The molecule has 1 heterocycles. The zero-order valence-corrected chi connectivity index (χ0v) is 16.9. The van der Waals surface area contributed by atoms with Gasteiger partial charge < -0.3 is 10.6 Å². The Morgan fingerprint density at radius 3 is 2.63 bits per heavy atom. The standard InChI is InChI=1S/C20H24N8O2/c1-3-22-19(29)13-4-6-14(7-5-13)25-16(10-11-17-23-12-24-28(17)2)18(27-21)20(30)26-15-8-9-15/h4-7,10-12,15,21,25H,3,8-9H2,1-2H3,(H,22,29)(H,26,30)/p+1/b11-10+,18-16-,27-21?. The monoisotopic (exact) mass is 409 g/mol. The number of hydrogen-bond donors (Lipinski definition) is 4. The Bertz CT molecular complexity index is 986. The van der Waals surface area contributed by atoms with E-state index in [9.17, 15) is 9.59 Å². The number of aryl methyl sites for hydroxylation is 1. The molecule has 1 aromatic heterocycles. The van der Waals surface area contributed by atoms with E-state index in [0.29, 0.717) is 23.6 Å². The van der Waals surface area contributed by atoms with Gasteiger partial charge >= 0.3 is 0 Å². The SMILES string of the molecule is CCNC(=O)c1ccc([NH2+]C(/C=C/c2ncnn2C)=C(\N=N)C(=O)NC2CC2)cc1. The smallest absolute Gasteiger partial charge is 0.278 e. The molecule has 0 unspecified atom stereocenters. The van der Waals surface area contributed by atoms with Crippen molar-refractivity contribution in [2.75, 3.05) is 6.54 Å². The van der Waals surface area contributed by atoms with Crippen LogP contribution < -0.4 is 16.0 Å². The van der Waals surface area contributed by atoms with Gasteiger partial charge in [0.15, 0.2) is 11.5 Å². The highest BCUT2D eigenvalue weighted by Crippen LogP contribution is 2.20. The molecule has 10 nitrogen and oxygen atoms in total. The minimum absolute atomic E-state index is 0.00752. The van der Waals surface area contributed by atoms with Crippen LogP contribution in [0.3, 0.4) is 0 Å². The third-order valence-corrected chi connectivity index (χ3v) is 4.50. The maximum atomic E-state index is 12.6. The summed E-state index contributed by atoms with van der Waals surface area (Å²) in [4.78, 5) is 28.7. The number of amides is 2. The van der Waals surface area contributed by atoms with Crippen LogP contribution in [-0.4, -0.2) is 39.2 Å². The van der Waals surface area contributed by atoms with E-state index in [1.807, 2.05) is 6.92 Å². The van der Waals surface area contributed by atoms with Gasteiger partial charge in [-0.3, -0.25) is 14.9 Å². The number of nitrogens with two attached hydrogens (primary N) is 1. The molecule has 2 amide bonds. The number of carbonyl (C=O) groups excluding carboxylic acids is 2. The number of quaternary nitrogens is 1. The second-order valence-electron chi connectivity index (χ2n) is 6.86. The van der Waals surface area contributed by atoms with Crippen molar-refractivity contribution in [2.45, 2.75) is 25.8 Å².